The van der Waals surface area contributed by atoms with Gasteiger partial charge in [0.05, 0.1) is 5.56 Å². The van der Waals surface area contributed by atoms with Crippen LogP contribution in [0.1, 0.15) is 50.4 Å². The molecule has 2 unspecified atom stereocenters. The predicted molar refractivity (Wildman–Crippen MR) is 91.2 cm³/mol. The average Bonchev–Trinajstić information content (AvgIpc) is 2.47. The molecule has 0 aliphatic heterocycles. The van der Waals surface area contributed by atoms with Crippen molar-refractivity contribution in [3.05, 3.63) is 35.9 Å². The zero-order valence-corrected chi connectivity index (χ0v) is 14.2. The van der Waals surface area contributed by atoms with Crippen LogP contribution < -0.4 is 11.1 Å². The van der Waals surface area contributed by atoms with Crippen molar-refractivity contribution in [3.63, 3.8) is 0 Å². The number of nitrogens with one attached hydrogen (secondary N) is 1. The number of aromatic carboxylic acids is 1. The van der Waals surface area contributed by atoms with Gasteiger partial charge < -0.3 is 16.2 Å². The van der Waals surface area contributed by atoms with E-state index < -0.39 is 5.97 Å². The fourth-order valence-electron chi connectivity index (χ4n) is 3.58. The van der Waals surface area contributed by atoms with Crippen LogP contribution >= 0.6 is 0 Å². The third-order valence-electron chi connectivity index (χ3n) is 4.26. The second kappa shape index (κ2) is 8.11. The number of carbonyl (C=O) groups excluding carboxylic acids is 1. The van der Waals surface area contributed by atoms with E-state index in [9.17, 15) is 9.59 Å². The van der Waals surface area contributed by atoms with Crippen LogP contribution in [0.25, 0.3) is 0 Å². The molecule has 1 fully saturated rings. The number of carboxylic acid groups (broad SMARTS) is 1. The van der Waals surface area contributed by atoms with E-state index in [0.29, 0.717) is 18.2 Å². The summed E-state index contributed by atoms with van der Waals surface area (Å²) in [6.45, 7) is 7.42. The number of carbonyl (C=O) groups is 2. The number of hydrogen-bond acceptors (Lipinski definition) is 3. The van der Waals surface area contributed by atoms with Crippen molar-refractivity contribution in [2.75, 3.05) is 6.54 Å². The summed E-state index contributed by atoms with van der Waals surface area (Å²) in [5, 5.41) is 11.3. The largest absolute Gasteiger partial charge is 0.478 e. The first-order chi connectivity index (χ1) is 10.7. The minimum absolute atomic E-state index is 0.183. The molecule has 1 aromatic carbocycles. The molecule has 128 valence electrons. The van der Waals surface area contributed by atoms with Gasteiger partial charge in [-0.1, -0.05) is 39.0 Å². The SMILES string of the molecule is CC1(C)CC(NC=O)CC(C)(CN)C1.O=C(O)c1ccccc1. The zero-order valence-electron chi connectivity index (χ0n) is 14.2. The van der Waals surface area contributed by atoms with Crippen molar-refractivity contribution >= 4 is 12.4 Å². The Hall–Kier alpha value is -1.88. The molecule has 2 atom stereocenters. The quantitative estimate of drug-likeness (QED) is 0.744. The van der Waals surface area contributed by atoms with E-state index in [1.165, 1.54) is 0 Å². The molecule has 5 heteroatoms. The molecule has 0 saturated heterocycles. The molecule has 0 radical (unpaired) electrons. The van der Waals surface area contributed by atoms with Crippen molar-refractivity contribution in [2.45, 2.75) is 46.1 Å². The Morgan fingerprint density at radius 3 is 2.35 bits per heavy atom. The lowest BCUT2D eigenvalue weighted by molar-refractivity contribution is -0.111. The number of amides is 1. The van der Waals surface area contributed by atoms with Crippen LogP contribution in [0.5, 0.6) is 0 Å². The third-order valence-corrected chi connectivity index (χ3v) is 4.26. The van der Waals surface area contributed by atoms with Crippen molar-refractivity contribution in [1.82, 2.24) is 5.32 Å². The topological polar surface area (TPSA) is 92.4 Å². The Bertz CT molecular complexity index is 516. The Labute approximate surface area is 138 Å². The van der Waals surface area contributed by atoms with Crippen LogP contribution in [0.15, 0.2) is 30.3 Å². The highest BCUT2D eigenvalue weighted by molar-refractivity contribution is 5.87. The van der Waals surface area contributed by atoms with E-state index in [1.807, 2.05) is 0 Å². The molecule has 0 aromatic heterocycles. The summed E-state index contributed by atoms with van der Waals surface area (Å²) >= 11 is 0. The van der Waals surface area contributed by atoms with Gasteiger partial charge >= 0.3 is 5.97 Å². The summed E-state index contributed by atoms with van der Waals surface area (Å²) < 4.78 is 0. The maximum atomic E-state index is 10.4. The van der Waals surface area contributed by atoms with Gasteiger partial charge in [-0.25, -0.2) is 4.79 Å². The lowest BCUT2D eigenvalue weighted by atomic mass is 9.63. The first-order valence-electron chi connectivity index (χ1n) is 7.89. The first kappa shape index (κ1) is 19.2. The van der Waals surface area contributed by atoms with Gasteiger partial charge in [0.2, 0.25) is 6.41 Å². The average molecular weight is 320 g/mol. The molecule has 23 heavy (non-hydrogen) atoms. The summed E-state index contributed by atoms with van der Waals surface area (Å²) in [6.07, 6.45) is 4.02. The standard InChI is InChI=1S/C11H22N2O.C7H6O2/c1-10(2)4-9(13-8-14)5-11(3,6-10)7-12;8-7(9)6-4-2-1-3-5-6/h8-9H,4-7,12H2,1-3H3,(H,13,14);1-5H,(H,8,9). The van der Waals surface area contributed by atoms with E-state index in [4.69, 9.17) is 10.8 Å². The summed E-state index contributed by atoms with van der Waals surface area (Å²) in [5.74, 6) is -0.879. The summed E-state index contributed by atoms with van der Waals surface area (Å²) in [4.78, 5) is 20.6. The highest BCUT2D eigenvalue weighted by atomic mass is 16.4. The van der Waals surface area contributed by atoms with Crippen molar-refractivity contribution in [3.8, 4) is 0 Å². The molecule has 1 amide bonds. The highest BCUT2D eigenvalue weighted by Gasteiger charge is 2.40. The van der Waals surface area contributed by atoms with Crippen molar-refractivity contribution in [1.29, 1.82) is 0 Å². The van der Waals surface area contributed by atoms with Gasteiger partial charge in [-0.05, 0) is 48.8 Å². The highest BCUT2D eigenvalue weighted by Crippen LogP contribution is 2.45. The lowest BCUT2D eigenvalue weighted by Crippen LogP contribution is -2.47. The van der Waals surface area contributed by atoms with E-state index in [2.05, 4.69) is 26.1 Å². The molecule has 1 aromatic rings. The normalized spacial score (nSPS) is 25.7. The van der Waals surface area contributed by atoms with E-state index in [-0.39, 0.29) is 10.8 Å². The van der Waals surface area contributed by atoms with E-state index in [1.54, 1.807) is 30.3 Å². The monoisotopic (exact) mass is 320 g/mol. The van der Waals surface area contributed by atoms with Gasteiger partial charge in [-0.2, -0.15) is 0 Å². The second-order valence-corrected chi connectivity index (χ2v) is 7.42. The summed E-state index contributed by atoms with van der Waals surface area (Å²) in [6, 6.07) is 8.59. The molecule has 1 aliphatic carbocycles. The fourth-order valence-corrected chi connectivity index (χ4v) is 3.58. The smallest absolute Gasteiger partial charge is 0.335 e. The molecule has 0 spiro atoms. The first-order valence-corrected chi connectivity index (χ1v) is 7.89. The molecular weight excluding hydrogens is 292 g/mol. The summed E-state index contributed by atoms with van der Waals surface area (Å²) in [7, 11) is 0. The number of carboxylic acids is 1. The van der Waals surface area contributed by atoms with Gasteiger partial charge in [0.1, 0.15) is 0 Å². The van der Waals surface area contributed by atoms with Crippen LogP contribution in [0.3, 0.4) is 0 Å². The minimum Gasteiger partial charge on any atom is -0.478 e. The Balaban J connectivity index is 0.000000253. The second-order valence-electron chi connectivity index (χ2n) is 7.42. The predicted octanol–water partition coefficient (Wildman–Crippen LogP) is 2.66. The zero-order chi connectivity index (χ0) is 17.5. The Morgan fingerprint density at radius 2 is 1.91 bits per heavy atom. The Kier molecular flexibility index (Phi) is 6.76. The van der Waals surface area contributed by atoms with Crippen LogP contribution in [-0.4, -0.2) is 30.1 Å². The maximum absolute atomic E-state index is 10.4. The number of nitrogens with two attached hydrogens (primary N) is 1. The van der Waals surface area contributed by atoms with E-state index in [0.717, 1.165) is 25.7 Å². The molecule has 0 bridgehead atoms. The minimum atomic E-state index is -0.879. The van der Waals surface area contributed by atoms with Crippen molar-refractivity contribution in [2.24, 2.45) is 16.6 Å². The van der Waals surface area contributed by atoms with Gasteiger partial charge in [0, 0.05) is 6.04 Å². The van der Waals surface area contributed by atoms with Crippen molar-refractivity contribution < 1.29 is 14.7 Å². The lowest BCUT2D eigenvalue weighted by Gasteiger charge is -2.46. The van der Waals surface area contributed by atoms with Crippen LogP contribution in [0.2, 0.25) is 0 Å². The van der Waals surface area contributed by atoms with Gasteiger partial charge in [-0.15, -0.1) is 0 Å². The van der Waals surface area contributed by atoms with Gasteiger partial charge in [0.25, 0.3) is 0 Å². The molecule has 2 rings (SSSR count). The Morgan fingerprint density at radius 1 is 1.30 bits per heavy atom. The molecule has 1 aliphatic rings. The maximum Gasteiger partial charge on any atom is 0.335 e. The molecule has 4 N–H and O–H groups in total. The number of rotatable bonds is 4. The van der Waals surface area contributed by atoms with E-state index >= 15 is 0 Å². The van der Waals surface area contributed by atoms with Crippen LogP contribution in [0.4, 0.5) is 0 Å². The molecule has 5 nitrogen and oxygen atoms in total. The third kappa shape index (κ3) is 6.40. The number of hydrogen-bond donors (Lipinski definition) is 3. The van der Waals surface area contributed by atoms with Gasteiger partial charge in [-0.3, -0.25) is 4.79 Å². The molecule has 0 heterocycles. The summed E-state index contributed by atoms with van der Waals surface area (Å²) in [5.41, 5.74) is 6.60. The van der Waals surface area contributed by atoms with Gasteiger partial charge in [0.15, 0.2) is 0 Å². The van der Waals surface area contributed by atoms with Crippen LogP contribution in [-0.2, 0) is 4.79 Å². The van der Waals surface area contributed by atoms with Crippen LogP contribution in [0, 0.1) is 10.8 Å². The molecular formula is C18H28N2O3. The number of benzene rings is 1. The molecule has 1 saturated carbocycles. The fraction of sp³-hybridized carbons (Fsp3) is 0.556.